The van der Waals surface area contributed by atoms with Gasteiger partial charge in [0.15, 0.2) is 0 Å². The van der Waals surface area contributed by atoms with Crippen LogP contribution in [0.5, 0.6) is 0 Å². The highest BCUT2D eigenvalue weighted by atomic mass is 16.5. The number of ether oxygens (including phenoxy) is 1. The minimum absolute atomic E-state index is 0.0245. The molecule has 0 unspecified atom stereocenters. The summed E-state index contributed by atoms with van der Waals surface area (Å²) in [5.74, 6) is -0.318. The molecule has 20 heavy (non-hydrogen) atoms. The van der Waals surface area contributed by atoms with Crippen molar-refractivity contribution in [1.29, 1.82) is 0 Å². The van der Waals surface area contributed by atoms with Crippen LogP contribution in [0, 0.1) is 13.8 Å². The van der Waals surface area contributed by atoms with E-state index in [0.717, 1.165) is 36.7 Å². The number of esters is 1. The van der Waals surface area contributed by atoms with Crippen LogP contribution in [0.1, 0.15) is 35.6 Å². The van der Waals surface area contributed by atoms with Crippen LogP contribution in [0.3, 0.4) is 0 Å². The van der Waals surface area contributed by atoms with Gasteiger partial charge in [-0.25, -0.2) is 4.79 Å². The highest BCUT2D eigenvalue weighted by Gasteiger charge is 2.29. The van der Waals surface area contributed by atoms with Gasteiger partial charge in [0, 0.05) is 30.9 Å². The van der Waals surface area contributed by atoms with E-state index in [1.54, 1.807) is 0 Å². The number of nitrogens with zero attached hydrogens (tertiary/aromatic N) is 2. The van der Waals surface area contributed by atoms with Gasteiger partial charge in [-0.3, -0.25) is 4.98 Å². The van der Waals surface area contributed by atoms with Crippen molar-refractivity contribution in [2.45, 2.75) is 33.2 Å². The van der Waals surface area contributed by atoms with E-state index in [2.05, 4.69) is 29.0 Å². The number of methoxy groups -OCH3 is 1. The molecule has 1 fully saturated rings. The quantitative estimate of drug-likeness (QED) is 0.833. The smallest absolute Gasteiger partial charge is 0.341 e. The second kappa shape index (κ2) is 5.40. The predicted molar refractivity (Wildman–Crippen MR) is 79.3 cm³/mol. The van der Waals surface area contributed by atoms with Crippen molar-refractivity contribution in [3.05, 3.63) is 23.0 Å². The molecule has 1 aliphatic heterocycles. The molecule has 0 atom stereocenters. The number of rotatable bonds is 2. The molecular weight excluding hydrogens is 254 g/mol. The fourth-order valence-corrected chi connectivity index (χ4v) is 2.76. The SMILES string of the molecule is COC(=O)c1c(N2CCNC(C)(C)C2)cc(C)nc1C. The van der Waals surface area contributed by atoms with Gasteiger partial charge in [-0.05, 0) is 33.8 Å². The van der Waals surface area contributed by atoms with E-state index in [0.29, 0.717) is 5.56 Å². The number of carbonyl (C=O) groups excluding carboxylic acids is 1. The molecule has 0 radical (unpaired) electrons. The minimum atomic E-state index is -0.318. The monoisotopic (exact) mass is 277 g/mol. The van der Waals surface area contributed by atoms with Crippen LogP contribution in [0.2, 0.25) is 0 Å². The first-order valence-electron chi connectivity index (χ1n) is 6.90. The molecule has 5 heteroatoms. The molecule has 2 rings (SSSR count). The zero-order chi connectivity index (χ0) is 14.9. The van der Waals surface area contributed by atoms with Gasteiger partial charge >= 0.3 is 5.97 Å². The Labute approximate surface area is 120 Å². The van der Waals surface area contributed by atoms with Gasteiger partial charge in [0.25, 0.3) is 0 Å². The molecule has 1 aromatic heterocycles. The maximum Gasteiger partial charge on any atom is 0.341 e. The maximum absolute atomic E-state index is 12.1. The third-order valence-corrected chi connectivity index (χ3v) is 3.61. The first-order chi connectivity index (χ1) is 9.34. The Hall–Kier alpha value is -1.62. The lowest BCUT2D eigenvalue weighted by molar-refractivity contribution is 0.0600. The molecule has 0 aromatic carbocycles. The molecule has 0 bridgehead atoms. The third-order valence-electron chi connectivity index (χ3n) is 3.61. The van der Waals surface area contributed by atoms with Crippen LogP contribution in [0.15, 0.2) is 6.07 Å². The van der Waals surface area contributed by atoms with Crippen molar-refractivity contribution in [3.8, 4) is 0 Å². The number of anilines is 1. The summed E-state index contributed by atoms with van der Waals surface area (Å²) in [4.78, 5) is 18.7. The van der Waals surface area contributed by atoms with Crippen molar-refractivity contribution in [1.82, 2.24) is 10.3 Å². The lowest BCUT2D eigenvalue weighted by Gasteiger charge is -2.41. The zero-order valence-electron chi connectivity index (χ0n) is 12.9. The van der Waals surface area contributed by atoms with Gasteiger partial charge < -0.3 is 15.0 Å². The standard InChI is InChI=1S/C15H23N3O2/c1-10-8-12(13(11(2)17-10)14(19)20-5)18-7-6-16-15(3,4)9-18/h8,16H,6-7,9H2,1-5H3. The molecule has 2 heterocycles. The van der Waals surface area contributed by atoms with E-state index in [4.69, 9.17) is 4.74 Å². The van der Waals surface area contributed by atoms with E-state index in [1.165, 1.54) is 7.11 Å². The van der Waals surface area contributed by atoms with Crippen LogP contribution < -0.4 is 10.2 Å². The summed E-state index contributed by atoms with van der Waals surface area (Å²) in [5, 5.41) is 3.48. The predicted octanol–water partition coefficient (Wildman–Crippen LogP) is 1.67. The summed E-state index contributed by atoms with van der Waals surface area (Å²) in [6.07, 6.45) is 0. The molecule has 0 amide bonds. The Morgan fingerprint density at radius 1 is 1.45 bits per heavy atom. The Bertz CT molecular complexity index is 526. The Morgan fingerprint density at radius 2 is 2.15 bits per heavy atom. The average Bonchev–Trinajstić information content (AvgIpc) is 2.35. The molecule has 0 saturated carbocycles. The van der Waals surface area contributed by atoms with Crippen LogP contribution in [0.4, 0.5) is 5.69 Å². The van der Waals surface area contributed by atoms with Crippen LogP contribution in [0.25, 0.3) is 0 Å². The summed E-state index contributed by atoms with van der Waals surface area (Å²) in [7, 11) is 1.41. The highest BCUT2D eigenvalue weighted by Crippen LogP contribution is 2.27. The summed E-state index contributed by atoms with van der Waals surface area (Å²) >= 11 is 0. The van der Waals surface area contributed by atoms with E-state index in [9.17, 15) is 4.79 Å². The van der Waals surface area contributed by atoms with E-state index in [-0.39, 0.29) is 11.5 Å². The molecule has 5 nitrogen and oxygen atoms in total. The van der Waals surface area contributed by atoms with E-state index < -0.39 is 0 Å². The number of hydrogen-bond donors (Lipinski definition) is 1. The number of pyridine rings is 1. The van der Waals surface area contributed by atoms with Gasteiger partial charge in [-0.1, -0.05) is 0 Å². The largest absolute Gasteiger partial charge is 0.465 e. The third kappa shape index (κ3) is 2.93. The summed E-state index contributed by atoms with van der Waals surface area (Å²) in [5.41, 5.74) is 3.17. The Kier molecular flexibility index (Phi) is 3.99. The number of nitrogens with one attached hydrogen (secondary N) is 1. The first kappa shape index (κ1) is 14.8. The second-order valence-electron chi connectivity index (χ2n) is 5.97. The van der Waals surface area contributed by atoms with Gasteiger partial charge in [0.05, 0.1) is 18.5 Å². The summed E-state index contributed by atoms with van der Waals surface area (Å²) in [6.45, 7) is 10.8. The van der Waals surface area contributed by atoms with Gasteiger partial charge in [0.1, 0.15) is 5.56 Å². The fourth-order valence-electron chi connectivity index (χ4n) is 2.76. The Morgan fingerprint density at radius 3 is 2.75 bits per heavy atom. The topological polar surface area (TPSA) is 54.5 Å². The van der Waals surface area contributed by atoms with Crippen molar-refractivity contribution in [2.75, 3.05) is 31.6 Å². The van der Waals surface area contributed by atoms with Crippen molar-refractivity contribution in [2.24, 2.45) is 0 Å². The normalized spacial score (nSPS) is 17.9. The Balaban J connectivity index is 2.46. The molecule has 1 aliphatic rings. The minimum Gasteiger partial charge on any atom is -0.465 e. The number of aromatic nitrogens is 1. The van der Waals surface area contributed by atoms with Crippen molar-refractivity contribution >= 4 is 11.7 Å². The number of hydrogen-bond acceptors (Lipinski definition) is 5. The van der Waals surface area contributed by atoms with Crippen molar-refractivity contribution < 1.29 is 9.53 Å². The second-order valence-corrected chi connectivity index (χ2v) is 5.97. The van der Waals surface area contributed by atoms with E-state index >= 15 is 0 Å². The molecular formula is C15H23N3O2. The molecule has 1 N–H and O–H groups in total. The lowest BCUT2D eigenvalue weighted by atomic mass is 10.00. The summed E-state index contributed by atoms with van der Waals surface area (Å²) in [6, 6.07) is 1.97. The highest BCUT2D eigenvalue weighted by molar-refractivity contribution is 5.97. The molecule has 1 aromatic rings. The maximum atomic E-state index is 12.1. The van der Waals surface area contributed by atoms with Crippen LogP contribution >= 0.6 is 0 Å². The van der Waals surface area contributed by atoms with Gasteiger partial charge in [0.2, 0.25) is 0 Å². The molecule has 1 saturated heterocycles. The first-order valence-corrected chi connectivity index (χ1v) is 6.90. The van der Waals surface area contributed by atoms with Crippen LogP contribution in [-0.2, 0) is 4.74 Å². The molecule has 0 aliphatic carbocycles. The number of aryl methyl sites for hydroxylation is 2. The lowest BCUT2D eigenvalue weighted by Crippen LogP contribution is -2.57. The van der Waals surface area contributed by atoms with Crippen molar-refractivity contribution in [3.63, 3.8) is 0 Å². The number of carbonyl (C=O) groups is 1. The fraction of sp³-hybridized carbons (Fsp3) is 0.600. The van der Waals surface area contributed by atoms with Crippen LogP contribution in [-0.4, -0.2) is 43.2 Å². The van der Waals surface area contributed by atoms with Gasteiger partial charge in [-0.15, -0.1) is 0 Å². The molecule has 0 spiro atoms. The average molecular weight is 277 g/mol. The summed E-state index contributed by atoms with van der Waals surface area (Å²) < 4.78 is 4.92. The zero-order valence-corrected chi connectivity index (χ0v) is 12.9. The molecule has 110 valence electrons. The number of piperazine rings is 1. The van der Waals surface area contributed by atoms with Gasteiger partial charge in [-0.2, -0.15) is 0 Å². The van der Waals surface area contributed by atoms with E-state index in [1.807, 2.05) is 19.9 Å².